The molecule has 2 atom stereocenters. The normalized spacial score (nSPS) is 20.8. The Balaban J connectivity index is 1.17. The van der Waals surface area contributed by atoms with Crippen LogP contribution in [0.15, 0.2) is 65.7 Å². The lowest BCUT2D eigenvalue weighted by Gasteiger charge is -2.38. The molecule has 0 bridgehead atoms. The fourth-order valence-electron chi connectivity index (χ4n) is 5.58. The van der Waals surface area contributed by atoms with Crippen molar-refractivity contribution in [1.82, 2.24) is 24.3 Å². The molecule has 2 aliphatic rings. The van der Waals surface area contributed by atoms with E-state index in [2.05, 4.69) is 10.3 Å². The van der Waals surface area contributed by atoms with Gasteiger partial charge in [-0.3, -0.25) is 18.7 Å². The number of nitrogens with zero attached hydrogens (tertiary/aromatic N) is 4. The molecule has 2 aliphatic heterocycles. The highest BCUT2D eigenvalue weighted by molar-refractivity contribution is 6.31. The van der Waals surface area contributed by atoms with E-state index in [9.17, 15) is 19.1 Å². The van der Waals surface area contributed by atoms with Gasteiger partial charge >= 0.3 is 0 Å². The largest absolute Gasteiger partial charge is 0.388 e. The number of likely N-dealkylation sites (tertiary alicyclic amines) is 1. The number of halogens is 2. The van der Waals surface area contributed by atoms with E-state index in [1.54, 1.807) is 15.5 Å². The zero-order valence-corrected chi connectivity index (χ0v) is 23.4. The van der Waals surface area contributed by atoms with Crippen LogP contribution in [-0.2, 0) is 11.3 Å². The zero-order chi connectivity index (χ0) is 28.7. The highest BCUT2D eigenvalue weighted by atomic mass is 35.5. The fourth-order valence-corrected chi connectivity index (χ4v) is 5.86. The Morgan fingerprint density at radius 1 is 1.17 bits per heavy atom. The first-order valence-corrected chi connectivity index (χ1v) is 14.1. The standard InChI is InChI=1S/C30H31ClFN5O4/c1-19-15-33-25(16-41-19)20-4-8-23(9-5-20)37-26(31)14-24-27(37)34-18-36(29(24)39)17-30(40)10-12-35(13-11-30)28(38)21-2-6-22(32)7-3-21/h2-9,14,18-19,25,33,40H,10-13,15-17H2,1H3. The maximum absolute atomic E-state index is 13.4. The van der Waals surface area contributed by atoms with Crippen LogP contribution in [-0.4, -0.2) is 68.0 Å². The average molecular weight is 580 g/mol. The summed E-state index contributed by atoms with van der Waals surface area (Å²) in [5.74, 6) is -0.619. The Hall–Kier alpha value is -3.57. The first-order chi connectivity index (χ1) is 19.7. The van der Waals surface area contributed by atoms with Crippen molar-refractivity contribution < 1.29 is 19.0 Å². The van der Waals surface area contributed by atoms with Crippen molar-refractivity contribution in [3.05, 3.63) is 93.4 Å². The molecular weight excluding hydrogens is 549 g/mol. The SMILES string of the molecule is CC1CNC(c2ccc(-n3c(Cl)cc4c(=O)n(CC5(O)CCN(C(=O)c6ccc(F)cc6)CC5)cnc43)cc2)CO1. The van der Waals surface area contributed by atoms with Crippen molar-refractivity contribution in [3.8, 4) is 5.69 Å². The number of fused-ring (bicyclic) bond motifs is 1. The van der Waals surface area contributed by atoms with E-state index in [4.69, 9.17) is 16.3 Å². The molecule has 41 heavy (non-hydrogen) atoms. The van der Waals surface area contributed by atoms with E-state index < -0.39 is 11.4 Å². The Bertz CT molecular complexity index is 1620. The van der Waals surface area contributed by atoms with Crippen LogP contribution in [0.3, 0.4) is 0 Å². The zero-order valence-electron chi connectivity index (χ0n) is 22.6. The number of morpholine rings is 1. The third-order valence-corrected chi connectivity index (χ3v) is 8.31. The Kier molecular flexibility index (Phi) is 7.41. The van der Waals surface area contributed by atoms with Gasteiger partial charge < -0.3 is 20.1 Å². The number of hydrogen-bond acceptors (Lipinski definition) is 6. The molecule has 11 heteroatoms. The molecular formula is C30H31ClFN5O4. The number of carbonyl (C=O) groups is 1. The van der Waals surface area contributed by atoms with Crippen LogP contribution >= 0.6 is 11.6 Å². The predicted molar refractivity (Wildman–Crippen MR) is 153 cm³/mol. The van der Waals surface area contributed by atoms with E-state index in [1.165, 1.54) is 35.2 Å². The second-order valence-electron chi connectivity index (χ2n) is 10.9. The van der Waals surface area contributed by atoms with Gasteiger partial charge in [0.05, 0.1) is 36.3 Å². The van der Waals surface area contributed by atoms with Crippen molar-refractivity contribution in [2.24, 2.45) is 0 Å². The van der Waals surface area contributed by atoms with Gasteiger partial charge in [0.1, 0.15) is 17.3 Å². The molecule has 0 spiro atoms. The number of benzene rings is 2. The van der Waals surface area contributed by atoms with Gasteiger partial charge in [0.25, 0.3) is 11.5 Å². The number of carbonyl (C=O) groups excluding carboxylic acids is 1. The second kappa shape index (κ2) is 11.0. The van der Waals surface area contributed by atoms with E-state index in [1.807, 2.05) is 31.2 Å². The molecule has 2 fully saturated rings. The minimum Gasteiger partial charge on any atom is -0.388 e. The van der Waals surface area contributed by atoms with Gasteiger partial charge in [0, 0.05) is 30.9 Å². The monoisotopic (exact) mass is 579 g/mol. The molecule has 2 aromatic carbocycles. The van der Waals surface area contributed by atoms with E-state index in [-0.39, 0.29) is 30.2 Å². The smallest absolute Gasteiger partial charge is 0.262 e. The lowest BCUT2D eigenvalue weighted by atomic mass is 9.91. The summed E-state index contributed by atoms with van der Waals surface area (Å²) < 4.78 is 22.1. The number of hydrogen-bond donors (Lipinski definition) is 2. The molecule has 0 aliphatic carbocycles. The molecule has 2 unspecified atom stereocenters. The Morgan fingerprint density at radius 3 is 2.54 bits per heavy atom. The highest BCUT2D eigenvalue weighted by Gasteiger charge is 2.35. The van der Waals surface area contributed by atoms with Crippen LogP contribution in [0.4, 0.5) is 4.39 Å². The van der Waals surface area contributed by atoms with Gasteiger partial charge in [-0.2, -0.15) is 0 Å². The maximum Gasteiger partial charge on any atom is 0.262 e. The van der Waals surface area contributed by atoms with E-state index in [0.717, 1.165) is 17.8 Å². The topological polar surface area (TPSA) is 102 Å². The minimum absolute atomic E-state index is 0.0416. The number of ether oxygens (including phenoxy) is 1. The summed E-state index contributed by atoms with van der Waals surface area (Å²) in [6.07, 6.45) is 2.21. The average Bonchev–Trinajstić information content (AvgIpc) is 3.32. The predicted octanol–water partition coefficient (Wildman–Crippen LogP) is 3.70. The van der Waals surface area contributed by atoms with Gasteiger partial charge in [-0.1, -0.05) is 23.7 Å². The first-order valence-electron chi connectivity index (χ1n) is 13.7. The number of aliphatic hydroxyl groups is 1. The van der Waals surface area contributed by atoms with Crippen LogP contribution in [0.1, 0.15) is 41.7 Å². The highest BCUT2D eigenvalue weighted by Crippen LogP contribution is 2.28. The third-order valence-electron chi connectivity index (χ3n) is 8.03. The lowest BCUT2D eigenvalue weighted by molar-refractivity contribution is -0.0299. The molecule has 6 rings (SSSR count). The van der Waals surface area contributed by atoms with Crippen molar-refractivity contribution in [1.29, 1.82) is 0 Å². The van der Waals surface area contributed by atoms with Crippen LogP contribution < -0.4 is 10.9 Å². The quantitative estimate of drug-likeness (QED) is 0.374. The van der Waals surface area contributed by atoms with Crippen molar-refractivity contribution in [2.45, 2.75) is 44.1 Å². The van der Waals surface area contributed by atoms with Crippen molar-refractivity contribution in [3.63, 3.8) is 0 Å². The molecule has 4 aromatic rings. The third kappa shape index (κ3) is 5.52. The van der Waals surface area contributed by atoms with Gasteiger partial charge in [-0.15, -0.1) is 0 Å². The van der Waals surface area contributed by atoms with Crippen molar-refractivity contribution in [2.75, 3.05) is 26.2 Å². The molecule has 1 amide bonds. The van der Waals surface area contributed by atoms with Crippen LogP contribution in [0.25, 0.3) is 16.7 Å². The van der Waals surface area contributed by atoms with Crippen LogP contribution in [0.2, 0.25) is 5.15 Å². The summed E-state index contributed by atoms with van der Waals surface area (Å²) in [5.41, 5.74) is 1.22. The molecule has 2 N–H and O–H groups in total. The van der Waals surface area contributed by atoms with E-state index >= 15 is 0 Å². The number of rotatable bonds is 5. The number of amides is 1. The van der Waals surface area contributed by atoms with Crippen LogP contribution in [0.5, 0.6) is 0 Å². The molecule has 9 nitrogen and oxygen atoms in total. The number of nitrogens with one attached hydrogen (secondary N) is 1. The molecule has 0 radical (unpaired) electrons. The maximum atomic E-state index is 13.4. The molecule has 2 aromatic heterocycles. The molecule has 4 heterocycles. The summed E-state index contributed by atoms with van der Waals surface area (Å²) in [5, 5.41) is 15.5. The van der Waals surface area contributed by atoms with Gasteiger partial charge in [0.15, 0.2) is 5.65 Å². The minimum atomic E-state index is -1.18. The van der Waals surface area contributed by atoms with Gasteiger partial charge in [0.2, 0.25) is 0 Å². The summed E-state index contributed by atoms with van der Waals surface area (Å²) in [6.45, 7) is 4.10. The summed E-state index contributed by atoms with van der Waals surface area (Å²) >= 11 is 6.59. The summed E-state index contributed by atoms with van der Waals surface area (Å²) in [6, 6.07) is 15.0. The van der Waals surface area contributed by atoms with Gasteiger partial charge in [-0.25, -0.2) is 9.37 Å². The second-order valence-corrected chi connectivity index (χ2v) is 11.3. The van der Waals surface area contributed by atoms with E-state index in [0.29, 0.717) is 54.3 Å². The summed E-state index contributed by atoms with van der Waals surface area (Å²) in [7, 11) is 0. The number of aromatic nitrogens is 3. The number of piperidine rings is 1. The first kappa shape index (κ1) is 27.6. The molecule has 2 saturated heterocycles. The molecule has 214 valence electrons. The van der Waals surface area contributed by atoms with Gasteiger partial charge in [-0.05, 0) is 67.8 Å². The van der Waals surface area contributed by atoms with Crippen LogP contribution in [0, 0.1) is 5.82 Å². The fraction of sp³-hybridized carbons (Fsp3) is 0.367. The Labute approximate surface area is 241 Å². The lowest BCUT2D eigenvalue weighted by Crippen LogP contribution is -2.49. The summed E-state index contributed by atoms with van der Waals surface area (Å²) in [4.78, 5) is 32.4. The molecule has 0 saturated carbocycles. The van der Waals surface area contributed by atoms with Crippen molar-refractivity contribution >= 4 is 28.5 Å². The Morgan fingerprint density at radius 2 is 1.88 bits per heavy atom.